The molecule has 6 nitrogen and oxygen atoms in total. The van der Waals surface area contributed by atoms with Crippen LogP contribution in [0.3, 0.4) is 0 Å². The van der Waals surface area contributed by atoms with Crippen molar-refractivity contribution in [2.24, 2.45) is 0 Å². The molecule has 0 fully saturated rings. The van der Waals surface area contributed by atoms with Gasteiger partial charge in [-0.3, -0.25) is 0 Å². The Balaban J connectivity index is 1.92. The first kappa shape index (κ1) is 19.9. The summed E-state index contributed by atoms with van der Waals surface area (Å²) < 4.78 is 1.75. The van der Waals surface area contributed by atoms with Gasteiger partial charge in [-0.2, -0.15) is 19.7 Å². The molecule has 0 aliphatic rings. The Hall–Kier alpha value is -3.41. The molecule has 0 aliphatic heterocycles. The fourth-order valence-corrected chi connectivity index (χ4v) is 4.06. The molecular formula is C24H28N6. The van der Waals surface area contributed by atoms with Crippen LogP contribution in [0.1, 0.15) is 44.6 Å². The van der Waals surface area contributed by atoms with E-state index < -0.39 is 0 Å². The Labute approximate surface area is 177 Å². The van der Waals surface area contributed by atoms with E-state index in [4.69, 9.17) is 16.6 Å². The van der Waals surface area contributed by atoms with E-state index in [-0.39, 0.29) is 0 Å². The Morgan fingerprint density at radius 1 is 0.733 bits per heavy atom. The lowest BCUT2D eigenvalue weighted by molar-refractivity contribution is 0.810. The highest BCUT2D eigenvalue weighted by atomic mass is 15.4. The lowest BCUT2D eigenvalue weighted by Gasteiger charge is -2.18. The maximum atomic E-state index is 6.05. The highest BCUT2D eigenvalue weighted by Gasteiger charge is 2.19. The highest BCUT2D eigenvalue weighted by Crippen LogP contribution is 2.30. The summed E-state index contributed by atoms with van der Waals surface area (Å²) in [6.45, 7) is 12.8. The minimum absolute atomic E-state index is 0.370. The second-order valence-electron chi connectivity index (χ2n) is 8.08. The van der Waals surface area contributed by atoms with Gasteiger partial charge in [0.15, 0.2) is 0 Å². The standard InChI is InChI=1S/C24H28N6/c1-12-13(2)15(4)19(16(5)14(12)3)11-20-18-9-7-8-10-21(18)30(29-20)24-27-22(25)17(6)23(26)28-24/h7-10H,11H2,1-6H3,(H4,25,26,27,28). The number of para-hydroxylation sites is 1. The number of anilines is 2. The molecule has 0 aliphatic carbocycles. The van der Waals surface area contributed by atoms with Crippen LogP contribution in [-0.4, -0.2) is 19.7 Å². The lowest BCUT2D eigenvalue weighted by Crippen LogP contribution is -2.10. The number of fused-ring (bicyclic) bond motifs is 1. The summed E-state index contributed by atoms with van der Waals surface area (Å²) in [7, 11) is 0. The van der Waals surface area contributed by atoms with Crippen LogP contribution in [0, 0.1) is 41.5 Å². The largest absolute Gasteiger partial charge is 0.383 e. The fraction of sp³-hybridized carbons (Fsp3) is 0.292. The van der Waals surface area contributed by atoms with E-state index in [1.54, 1.807) is 4.68 Å². The van der Waals surface area contributed by atoms with Crippen LogP contribution < -0.4 is 11.5 Å². The Bertz CT molecular complexity index is 1250. The van der Waals surface area contributed by atoms with Crippen LogP contribution in [0.4, 0.5) is 11.6 Å². The first-order valence-electron chi connectivity index (χ1n) is 10.1. The zero-order valence-corrected chi connectivity index (χ0v) is 18.5. The number of hydrogen-bond acceptors (Lipinski definition) is 5. The van der Waals surface area contributed by atoms with E-state index in [0.717, 1.165) is 23.0 Å². The van der Waals surface area contributed by atoms with E-state index in [9.17, 15) is 0 Å². The van der Waals surface area contributed by atoms with Crippen LogP contribution in [0.25, 0.3) is 16.9 Å². The van der Waals surface area contributed by atoms with Crippen molar-refractivity contribution in [2.75, 3.05) is 11.5 Å². The average Bonchev–Trinajstić information content (AvgIpc) is 3.10. The van der Waals surface area contributed by atoms with Crippen molar-refractivity contribution < 1.29 is 0 Å². The van der Waals surface area contributed by atoms with E-state index >= 15 is 0 Å². The summed E-state index contributed by atoms with van der Waals surface area (Å²) >= 11 is 0. The van der Waals surface area contributed by atoms with E-state index in [0.29, 0.717) is 23.1 Å². The summed E-state index contributed by atoms with van der Waals surface area (Å²) in [5.74, 6) is 1.13. The van der Waals surface area contributed by atoms with E-state index in [1.165, 1.54) is 33.4 Å². The number of aromatic nitrogens is 4. The van der Waals surface area contributed by atoms with E-state index in [2.05, 4.69) is 50.7 Å². The number of nitrogens with zero attached hydrogens (tertiary/aromatic N) is 4. The average molecular weight is 401 g/mol. The molecule has 0 unspecified atom stereocenters. The summed E-state index contributed by atoms with van der Waals surface area (Å²) in [5, 5.41) is 5.99. The monoisotopic (exact) mass is 400 g/mol. The molecule has 2 heterocycles. The summed E-state index contributed by atoms with van der Waals surface area (Å²) in [6.07, 6.45) is 0.740. The minimum atomic E-state index is 0.370. The quantitative estimate of drug-likeness (QED) is 0.531. The smallest absolute Gasteiger partial charge is 0.255 e. The molecule has 0 atom stereocenters. The first-order valence-corrected chi connectivity index (χ1v) is 10.1. The molecular weight excluding hydrogens is 372 g/mol. The van der Waals surface area contributed by atoms with Crippen molar-refractivity contribution in [2.45, 2.75) is 48.0 Å². The van der Waals surface area contributed by atoms with Crippen LogP contribution in [-0.2, 0) is 6.42 Å². The Morgan fingerprint density at radius 2 is 1.27 bits per heavy atom. The molecule has 0 radical (unpaired) electrons. The second kappa shape index (κ2) is 7.13. The molecule has 4 rings (SSSR count). The fourth-order valence-electron chi connectivity index (χ4n) is 4.06. The van der Waals surface area contributed by atoms with Crippen molar-refractivity contribution >= 4 is 22.5 Å². The van der Waals surface area contributed by atoms with Gasteiger partial charge in [-0.25, -0.2) is 0 Å². The third-order valence-corrected chi connectivity index (χ3v) is 6.56. The van der Waals surface area contributed by atoms with Gasteiger partial charge >= 0.3 is 0 Å². The Kier molecular flexibility index (Phi) is 4.73. The van der Waals surface area contributed by atoms with Crippen LogP contribution in [0.2, 0.25) is 0 Å². The number of hydrogen-bond donors (Lipinski definition) is 2. The second-order valence-corrected chi connectivity index (χ2v) is 8.08. The van der Waals surface area contributed by atoms with Gasteiger partial charge in [-0.1, -0.05) is 18.2 Å². The molecule has 154 valence electrons. The maximum Gasteiger partial charge on any atom is 0.255 e. The Morgan fingerprint density at radius 3 is 1.87 bits per heavy atom. The van der Waals surface area contributed by atoms with Gasteiger partial charge in [0.05, 0.1) is 11.2 Å². The van der Waals surface area contributed by atoms with Gasteiger partial charge in [0.1, 0.15) is 11.6 Å². The van der Waals surface area contributed by atoms with Crippen molar-refractivity contribution in [1.82, 2.24) is 19.7 Å². The molecule has 4 aromatic rings. The summed E-state index contributed by atoms with van der Waals surface area (Å²) in [5.41, 5.74) is 22.7. The van der Waals surface area contributed by atoms with Gasteiger partial charge in [-0.05, 0) is 81.0 Å². The first-order chi connectivity index (χ1) is 14.2. The lowest BCUT2D eigenvalue weighted by atomic mass is 9.87. The van der Waals surface area contributed by atoms with Crippen molar-refractivity contribution in [3.05, 3.63) is 68.9 Å². The predicted molar refractivity (Wildman–Crippen MR) is 123 cm³/mol. The molecule has 0 bridgehead atoms. The molecule has 0 spiro atoms. The molecule has 0 saturated heterocycles. The van der Waals surface area contributed by atoms with E-state index in [1.807, 2.05) is 25.1 Å². The van der Waals surface area contributed by atoms with Crippen molar-refractivity contribution in [1.29, 1.82) is 0 Å². The third kappa shape index (κ3) is 3.00. The summed E-state index contributed by atoms with van der Waals surface area (Å²) in [4.78, 5) is 8.87. The minimum Gasteiger partial charge on any atom is -0.383 e. The topological polar surface area (TPSA) is 95.6 Å². The third-order valence-electron chi connectivity index (χ3n) is 6.56. The van der Waals surface area contributed by atoms with Crippen molar-refractivity contribution in [3.8, 4) is 5.95 Å². The normalized spacial score (nSPS) is 11.4. The van der Waals surface area contributed by atoms with Gasteiger partial charge in [0.25, 0.3) is 5.95 Å². The number of benzene rings is 2. The molecule has 6 heteroatoms. The molecule has 30 heavy (non-hydrogen) atoms. The molecule has 2 aromatic carbocycles. The maximum absolute atomic E-state index is 6.05. The van der Waals surface area contributed by atoms with Gasteiger partial charge in [0, 0.05) is 17.4 Å². The zero-order chi connectivity index (χ0) is 21.7. The van der Waals surface area contributed by atoms with Gasteiger partial charge < -0.3 is 11.5 Å². The predicted octanol–water partition coefficient (Wildman–Crippen LogP) is 4.42. The molecule has 0 amide bonds. The molecule has 0 saturated carbocycles. The number of rotatable bonds is 3. The van der Waals surface area contributed by atoms with Crippen LogP contribution >= 0.6 is 0 Å². The highest BCUT2D eigenvalue weighted by molar-refractivity contribution is 5.83. The van der Waals surface area contributed by atoms with Gasteiger partial charge in [0.2, 0.25) is 0 Å². The van der Waals surface area contributed by atoms with Gasteiger partial charge in [-0.15, -0.1) is 0 Å². The SMILES string of the molecule is Cc1c(N)nc(-n2nc(Cc3c(C)c(C)c(C)c(C)c3C)c3ccccc32)nc1N. The zero-order valence-electron chi connectivity index (χ0n) is 18.5. The number of nitrogen functional groups attached to an aromatic ring is 2. The number of nitrogens with two attached hydrogens (primary N) is 2. The molecule has 4 N–H and O–H groups in total. The van der Waals surface area contributed by atoms with Crippen LogP contribution in [0.5, 0.6) is 0 Å². The summed E-state index contributed by atoms with van der Waals surface area (Å²) in [6, 6.07) is 8.13. The molecule has 2 aromatic heterocycles. The van der Waals surface area contributed by atoms with Crippen LogP contribution in [0.15, 0.2) is 24.3 Å². The van der Waals surface area contributed by atoms with Crippen molar-refractivity contribution in [3.63, 3.8) is 0 Å².